The third-order valence-corrected chi connectivity index (χ3v) is 2.44. The highest BCUT2D eigenvalue weighted by molar-refractivity contribution is 5.08. The van der Waals surface area contributed by atoms with Crippen LogP contribution in [0.1, 0.15) is 30.6 Å². The van der Waals surface area contributed by atoms with Crippen LogP contribution in [0, 0.1) is 6.92 Å². The monoisotopic (exact) mass is 233 g/mol. The molecule has 5 nitrogen and oxygen atoms in total. The molecule has 2 rings (SSSR count). The minimum atomic E-state index is -0.0553. The number of nitrogens with zero attached hydrogens (tertiary/aromatic N) is 3. The smallest absolute Gasteiger partial charge is 0.251 e. The molecule has 17 heavy (non-hydrogen) atoms. The van der Waals surface area contributed by atoms with Crippen molar-refractivity contribution in [2.45, 2.75) is 33.2 Å². The molecule has 0 N–H and O–H groups in total. The molecular weight excluding hydrogens is 218 g/mol. The second-order valence-corrected chi connectivity index (χ2v) is 4.02. The van der Waals surface area contributed by atoms with Crippen LogP contribution in [-0.2, 0) is 13.0 Å². The Bertz CT molecular complexity index is 557. The van der Waals surface area contributed by atoms with Gasteiger partial charge in [0.05, 0.1) is 0 Å². The van der Waals surface area contributed by atoms with Gasteiger partial charge in [-0.25, -0.2) is 0 Å². The van der Waals surface area contributed by atoms with Gasteiger partial charge >= 0.3 is 0 Å². The van der Waals surface area contributed by atoms with Crippen LogP contribution >= 0.6 is 0 Å². The molecule has 2 aromatic rings. The first-order valence-corrected chi connectivity index (χ1v) is 5.67. The van der Waals surface area contributed by atoms with Crippen LogP contribution in [0.2, 0.25) is 0 Å². The SMILES string of the molecule is CCCc1noc(Cn2ccc(C)cc2=O)n1. The highest BCUT2D eigenvalue weighted by Crippen LogP contribution is 2.02. The predicted octanol–water partition coefficient (Wildman–Crippen LogP) is 1.54. The van der Waals surface area contributed by atoms with E-state index in [-0.39, 0.29) is 5.56 Å². The van der Waals surface area contributed by atoms with Crippen molar-refractivity contribution in [3.05, 3.63) is 46.0 Å². The van der Waals surface area contributed by atoms with Crippen LogP contribution in [0.4, 0.5) is 0 Å². The highest BCUT2D eigenvalue weighted by atomic mass is 16.5. The molecule has 0 aliphatic carbocycles. The minimum Gasteiger partial charge on any atom is -0.337 e. The highest BCUT2D eigenvalue weighted by Gasteiger charge is 2.06. The van der Waals surface area contributed by atoms with Crippen molar-refractivity contribution in [3.63, 3.8) is 0 Å². The first-order valence-electron chi connectivity index (χ1n) is 5.67. The lowest BCUT2D eigenvalue weighted by molar-refractivity contribution is 0.364. The van der Waals surface area contributed by atoms with E-state index < -0.39 is 0 Å². The number of pyridine rings is 1. The van der Waals surface area contributed by atoms with Gasteiger partial charge in [0.1, 0.15) is 6.54 Å². The molecular formula is C12H15N3O2. The Balaban J connectivity index is 2.16. The van der Waals surface area contributed by atoms with Crippen molar-refractivity contribution in [1.82, 2.24) is 14.7 Å². The largest absolute Gasteiger partial charge is 0.337 e. The van der Waals surface area contributed by atoms with Crippen LogP contribution in [-0.4, -0.2) is 14.7 Å². The summed E-state index contributed by atoms with van der Waals surface area (Å²) in [7, 11) is 0. The summed E-state index contributed by atoms with van der Waals surface area (Å²) in [4.78, 5) is 15.9. The Labute approximate surface area is 99.1 Å². The van der Waals surface area contributed by atoms with Gasteiger partial charge in [-0.05, 0) is 25.0 Å². The first-order chi connectivity index (χ1) is 8.19. The fraction of sp³-hybridized carbons (Fsp3) is 0.417. The third kappa shape index (κ3) is 2.81. The summed E-state index contributed by atoms with van der Waals surface area (Å²) in [6.07, 6.45) is 3.51. The molecule has 0 unspecified atom stereocenters. The summed E-state index contributed by atoms with van der Waals surface area (Å²) in [6.45, 7) is 4.27. The topological polar surface area (TPSA) is 60.9 Å². The maximum Gasteiger partial charge on any atom is 0.251 e. The van der Waals surface area contributed by atoms with Crippen LogP contribution in [0.3, 0.4) is 0 Å². The number of aromatic nitrogens is 3. The number of hydrogen-bond acceptors (Lipinski definition) is 4. The molecule has 0 radical (unpaired) electrons. The van der Waals surface area contributed by atoms with Crippen molar-refractivity contribution in [3.8, 4) is 0 Å². The summed E-state index contributed by atoms with van der Waals surface area (Å²) < 4.78 is 6.64. The minimum absolute atomic E-state index is 0.0553. The molecule has 0 spiro atoms. The van der Waals surface area contributed by atoms with Crippen LogP contribution < -0.4 is 5.56 Å². The Kier molecular flexibility index (Phi) is 3.37. The molecule has 5 heteroatoms. The molecule has 0 aliphatic rings. The lowest BCUT2D eigenvalue weighted by Crippen LogP contribution is -2.19. The van der Waals surface area contributed by atoms with Crippen molar-refractivity contribution < 1.29 is 4.52 Å². The van der Waals surface area contributed by atoms with Gasteiger partial charge in [-0.1, -0.05) is 12.1 Å². The van der Waals surface area contributed by atoms with Crippen LogP contribution in [0.25, 0.3) is 0 Å². The van der Waals surface area contributed by atoms with Crippen molar-refractivity contribution >= 4 is 0 Å². The Hall–Kier alpha value is -1.91. The Morgan fingerprint density at radius 2 is 2.29 bits per heavy atom. The van der Waals surface area contributed by atoms with Gasteiger partial charge < -0.3 is 9.09 Å². The second-order valence-electron chi connectivity index (χ2n) is 4.02. The quantitative estimate of drug-likeness (QED) is 0.803. The van der Waals surface area contributed by atoms with E-state index >= 15 is 0 Å². The van der Waals surface area contributed by atoms with Crippen LogP contribution in [0.5, 0.6) is 0 Å². The van der Waals surface area contributed by atoms with Gasteiger partial charge in [0.2, 0.25) is 5.89 Å². The zero-order chi connectivity index (χ0) is 12.3. The number of hydrogen-bond donors (Lipinski definition) is 0. The molecule has 0 amide bonds. The Morgan fingerprint density at radius 1 is 1.47 bits per heavy atom. The van der Waals surface area contributed by atoms with Gasteiger partial charge in [0.15, 0.2) is 5.82 Å². The molecule has 0 saturated carbocycles. The van der Waals surface area contributed by atoms with Gasteiger partial charge in [0.25, 0.3) is 5.56 Å². The van der Waals surface area contributed by atoms with E-state index in [0.29, 0.717) is 18.3 Å². The van der Waals surface area contributed by atoms with E-state index in [1.54, 1.807) is 16.8 Å². The summed E-state index contributed by atoms with van der Waals surface area (Å²) in [5.41, 5.74) is 0.892. The molecule has 0 saturated heterocycles. The van der Waals surface area contributed by atoms with E-state index in [4.69, 9.17) is 4.52 Å². The van der Waals surface area contributed by atoms with Gasteiger partial charge in [-0.3, -0.25) is 4.79 Å². The molecule has 90 valence electrons. The molecule has 0 aromatic carbocycles. The maximum absolute atomic E-state index is 11.7. The van der Waals surface area contributed by atoms with E-state index in [2.05, 4.69) is 17.1 Å². The summed E-state index contributed by atoms with van der Waals surface area (Å²) in [5, 5.41) is 3.85. The van der Waals surface area contributed by atoms with E-state index in [9.17, 15) is 4.79 Å². The fourth-order valence-corrected chi connectivity index (χ4v) is 1.56. The van der Waals surface area contributed by atoms with Crippen molar-refractivity contribution in [2.24, 2.45) is 0 Å². The van der Waals surface area contributed by atoms with Gasteiger partial charge in [-0.15, -0.1) is 0 Å². The van der Waals surface area contributed by atoms with Crippen molar-refractivity contribution in [1.29, 1.82) is 0 Å². The third-order valence-electron chi connectivity index (χ3n) is 2.44. The summed E-state index contributed by atoms with van der Waals surface area (Å²) >= 11 is 0. The molecule has 0 atom stereocenters. The number of aryl methyl sites for hydroxylation is 2. The lowest BCUT2D eigenvalue weighted by atomic mass is 10.3. The van der Waals surface area contributed by atoms with Gasteiger partial charge in [0, 0.05) is 18.7 Å². The molecule has 0 aliphatic heterocycles. The lowest BCUT2D eigenvalue weighted by Gasteiger charge is -2.01. The second kappa shape index (κ2) is 4.95. The molecule has 0 bridgehead atoms. The molecule has 2 heterocycles. The Morgan fingerprint density at radius 3 is 3.00 bits per heavy atom. The van der Waals surface area contributed by atoms with E-state index in [0.717, 1.165) is 18.4 Å². The standard InChI is InChI=1S/C12H15N3O2/c1-3-4-10-13-11(17-14-10)8-15-6-5-9(2)7-12(15)16/h5-7H,3-4,8H2,1-2H3. The predicted molar refractivity (Wildman–Crippen MR) is 62.8 cm³/mol. The average molecular weight is 233 g/mol. The normalized spacial score (nSPS) is 10.7. The summed E-state index contributed by atoms with van der Waals surface area (Å²) in [6, 6.07) is 3.47. The fourth-order valence-electron chi connectivity index (χ4n) is 1.56. The van der Waals surface area contributed by atoms with E-state index in [1.807, 2.05) is 13.0 Å². The van der Waals surface area contributed by atoms with Crippen molar-refractivity contribution in [2.75, 3.05) is 0 Å². The van der Waals surface area contributed by atoms with Crippen LogP contribution in [0.15, 0.2) is 27.6 Å². The zero-order valence-electron chi connectivity index (χ0n) is 10.0. The first kappa shape index (κ1) is 11.6. The zero-order valence-corrected chi connectivity index (χ0v) is 10.0. The number of rotatable bonds is 4. The van der Waals surface area contributed by atoms with Gasteiger partial charge in [-0.2, -0.15) is 4.98 Å². The average Bonchev–Trinajstić information content (AvgIpc) is 2.71. The maximum atomic E-state index is 11.7. The molecule has 0 fully saturated rings. The molecule has 2 aromatic heterocycles. The van der Waals surface area contributed by atoms with E-state index in [1.165, 1.54) is 0 Å². The summed E-state index contributed by atoms with van der Waals surface area (Å²) in [5.74, 6) is 1.17.